The molecule has 2 saturated carbocycles. The average Bonchev–Trinajstić information content (AvgIpc) is 3.09. The first-order valence-corrected chi connectivity index (χ1v) is 29.9. The van der Waals surface area contributed by atoms with Crippen molar-refractivity contribution in [2.75, 3.05) is 65.6 Å². The number of rotatable bonds is 26. The van der Waals surface area contributed by atoms with Gasteiger partial charge in [-0.1, -0.05) is 56.4 Å². The molecule has 19 N–H and O–H groups in total. The monoisotopic (exact) mass is 1170 g/mol. The highest BCUT2D eigenvalue weighted by molar-refractivity contribution is 5.98. The maximum Gasteiger partial charge on any atom is 0.326 e. The molecule has 8 atom stereocenters. The zero-order chi connectivity index (χ0) is 60.7. The van der Waals surface area contributed by atoms with E-state index in [1.165, 1.54) is 9.80 Å². The number of nitrogens with two attached hydrogens (primary N) is 7. The largest absolute Gasteiger partial charge is 0.480 e. The molecule has 0 aromatic heterocycles. The standard InChI is InChI=1S/C56H90N18O10/c57-38(16-8-23-64-53(58)59)46(77)68-39(17-9-24-65-54(60)61)48(79)70-27-21-56(22-28-70)52(84)71(33-72(56)30-34-11-2-1-3-12-34)31-44(76)67-41(32-75)49(80)73-26-20-35-13-4-6-15-37(35)45(73)50(81)74-42-19-7-5-14-36(42)29-43(74)47(78)69-40(51(82)83)18-10-25-66-55(62)63/h4,6,13,15,34,36,38-43,45,75H,1-3,5,7-12,14,16-33,57H2,(H,67,76)(H,68,77)(H,69,78)(H,82,83)(H4,58,59,64)(H4,60,61,65)(H4,62,63,66)/t36-,38+,39-,40-,41-,42-,43-,45+/m0/s1. The smallest absolute Gasteiger partial charge is 0.326 e. The summed E-state index contributed by atoms with van der Waals surface area (Å²) in [6.45, 7) is 0.448. The van der Waals surface area contributed by atoms with Crippen molar-refractivity contribution in [3.8, 4) is 0 Å². The van der Waals surface area contributed by atoms with Gasteiger partial charge in [0.25, 0.3) is 5.91 Å². The van der Waals surface area contributed by atoms with Crippen LogP contribution < -0.4 is 56.1 Å². The van der Waals surface area contributed by atoms with Gasteiger partial charge in [0, 0.05) is 51.9 Å². The molecule has 1 aromatic carbocycles. The molecule has 6 aliphatic rings. The Morgan fingerprint density at radius 1 is 0.714 bits per heavy atom. The molecule has 4 heterocycles. The summed E-state index contributed by atoms with van der Waals surface area (Å²) >= 11 is 0. The van der Waals surface area contributed by atoms with E-state index in [1.807, 2.05) is 12.1 Å². The molecule has 0 radical (unpaired) electrons. The number of carboxylic acid groups (broad SMARTS) is 1. The number of nitrogens with zero attached hydrogens (tertiary/aromatic N) is 8. The van der Waals surface area contributed by atoms with E-state index in [1.54, 1.807) is 21.9 Å². The molecule has 7 amide bonds. The Morgan fingerprint density at radius 2 is 1.32 bits per heavy atom. The summed E-state index contributed by atoms with van der Waals surface area (Å²) in [6.07, 6.45) is 11.0. The van der Waals surface area contributed by atoms with Gasteiger partial charge in [0.2, 0.25) is 35.4 Å². The van der Waals surface area contributed by atoms with Gasteiger partial charge < -0.3 is 85.9 Å². The zero-order valence-electron chi connectivity index (χ0n) is 48.3. The molecular weight excluding hydrogens is 1080 g/mol. The number of hydrogen-bond acceptors (Lipinski definition) is 14. The van der Waals surface area contributed by atoms with Gasteiger partial charge in [-0.15, -0.1) is 0 Å². The number of piperidine rings is 1. The van der Waals surface area contributed by atoms with Crippen molar-refractivity contribution in [1.29, 1.82) is 0 Å². The fourth-order valence-electron chi connectivity index (χ4n) is 13.5. The Kier molecular flexibility index (Phi) is 22.9. The zero-order valence-corrected chi connectivity index (χ0v) is 48.3. The van der Waals surface area contributed by atoms with Crippen LogP contribution in [-0.2, 0) is 44.8 Å². The lowest BCUT2D eigenvalue weighted by Crippen LogP contribution is -2.60. The molecule has 0 unspecified atom stereocenters. The minimum atomic E-state index is -1.53. The summed E-state index contributed by atoms with van der Waals surface area (Å²) in [6, 6.07) is -0.178. The van der Waals surface area contributed by atoms with Gasteiger partial charge in [0.1, 0.15) is 42.3 Å². The Bertz CT molecular complexity index is 2600. The Hall–Kier alpha value is -7.33. The highest BCUT2D eigenvalue weighted by Gasteiger charge is 2.56. The molecule has 7 rings (SSSR count). The quantitative estimate of drug-likeness (QED) is 0.0256. The molecule has 464 valence electrons. The number of aliphatic imine (C=N–C) groups is 3. The van der Waals surface area contributed by atoms with Crippen LogP contribution in [0.3, 0.4) is 0 Å². The first-order chi connectivity index (χ1) is 40.2. The number of likely N-dealkylation sites (tertiary alicyclic amines) is 2. The number of amides is 7. The first-order valence-electron chi connectivity index (χ1n) is 29.9. The minimum absolute atomic E-state index is 0.0298. The van der Waals surface area contributed by atoms with E-state index < -0.39 is 90.4 Å². The summed E-state index contributed by atoms with van der Waals surface area (Å²) in [5.41, 5.74) is 39.4. The number of nitrogens with one attached hydrogen (secondary N) is 3. The molecule has 3 saturated heterocycles. The molecule has 0 bridgehead atoms. The van der Waals surface area contributed by atoms with Crippen LogP contribution in [0, 0.1) is 11.8 Å². The number of fused-ring (bicyclic) bond motifs is 2. The lowest BCUT2D eigenvalue weighted by atomic mass is 9.83. The van der Waals surface area contributed by atoms with Crippen LogP contribution in [-0.4, -0.2) is 207 Å². The normalized spacial score (nSPS) is 22.8. The van der Waals surface area contributed by atoms with Crippen LogP contribution in [0.1, 0.15) is 133 Å². The van der Waals surface area contributed by atoms with Crippen LogP contribution in [0.5, 0.6) is 0 Å². The third-order valence-electron chi connectivity index (χ3n) is 17.8. The van der Waals surface area contributed by atoms with Crippen molar-refractivity contribution < 1.29 is 48.6 Å². The molecular formula is C56H90N18O10. The number of guanidine groups is 3. The third kappa shape index (κ3) is 16.1. The Balaban J connectivity index is 1.06. The van der Waals surface area contributed by atoms with Crippen LogP contribution in [0.2, 0.25) is 0 Å². The lowest BCUT2D eigenvalue weighted by molar-refractivity contribution is -0.153. The van der Waals surface area contributed by atoms with Gasteiger partial charge in [0.15, 0.2) is 17.9 Å². The maximum atomic E-state index is 15.5. The second-order valence-corrected chi connectivity index (χ2v) is 23.4. The predicted octanol–water partition coefficient (Wildman–Crippen LogP) is -2.67. The molecule has 2 aliphatic carbocycles. The topological polar surface area (TPSA) is 449 Å². The van der Waals surface area contributed by atoms with Gasteiger partial charge in [0.05, 0.1) is 19.3 Å². The molecule has 5 fully saturated rings. The van der Waals surface area contributed by atoms with Gasteiger partial charge >= 0.3 is 5.97 Å². The van der Waals surface area contributed by atoms with Gasteiger partial charge in [-0.05, 0) is 113 Å². The number of aliphatic hydroxyl groups excluding tert-OH is 1. The van der Waals surface area contributed by atoms with Gasteiger partial charge in [-0.25, -0.2) is 4.79 Å². The highest BCUT2D eigenvalue weighted by atomic mass is 16.4. The van der Waals surface area contributed by atoms with Crippen molar-refractivity contribution >= 4 is 65.2 Å². The molecule has 84 heavy (non-hydrogen) atoms. The molecule has 28 nitrogen and oxygen atoms in total. The van der Waals surface area contributed by atoms with Crippen molar-refractivity contribution in [3.63, 3.8) is 0 Å². The number of benzene rings is 1. The van der Waals surface area contributed by atoms with E-state index in [0.29, 0.717) is 50.1 Å². The number of carboxylic acids is 1. The number of carbonyl (C=O) groups excluding carboxylic acids is 7. The van der Waals surface area contributed by atoms with Crippen LogP contribution in [0.4, 0.5) is 0 Å². The van der Waals surface area contributed by atoms with Gasteiger partial charge in [-0.2, -0.15) is 0 Å². The van der Waals surface area contributed by atoms with Crippen LogP contribution in [0.25, 0.3) is 0 Å². The lowest BCUT2D eigenvalue weighted by Gasteiger charge is -2.44. The number of hydrogen-bond donors (Lipinski definition) is 12. The Morgan fingerprint density at radius 3 is 1.95 bits per heavy atom. The summed E-state index contributed by atoms with van der Waals surface area (Å²) in [4.78, 5) is 134. The summed E-state index contributed by atoms with van der Waals surface area (Å²) < 4.78 is 0. The summed E-state index contributed by atoms with van der Waals surface area (Å²) in [5, 5.41) is 29.3. The van der Waals surface area contributed by atoms with Crippen LogP contribution >= 0.6 is 0 Å². The predicted molar refractivity (Wildman–Crippen MR) is 312 cm³/mol. The summed E-state index contributed by atoms with van der Waals surface area (Å²) in [5.74, 6) is -5.09. The Labute approximate surface area is 490 Å². The highest BCUT2D eigenvalue weighted by Crippen LogP contribution is 2.44. The number of carbonyl (C=O) groups is 8. The van der Waals surface area contributed by atoms with E-state index in [9.17, 15) is 43.8 Å². The second-order valence-electron chi connectivity index (χ2n) is 23.4. The second kappa shape index (κ2) is 30.0. The average molecular weight is 1180 g/mol. The van der Waals surface area contributed by atoms with Crippen molar-refractivity contribution in [1.82, 2.24) is 40.4 Å². The fourth-order valence-corrected chi connectivity index (χ4v) is 13.5. The van der Waals surface area contributed by atoms with E-state index in [-0.39, 0.29) is 126 Å². The number of aliphatic hydroxyl groups is 1. The minimum Gasteiger partial charge on any atom is -0.480 e. The molecule has 28 heteroatoms. The fraction of sp³-hybridized carbons (Fsp3) is 0.696. The van der Waals surface area contributed by atoms with E-state index in [4.69, 9.17) is 40.1 Å². The van der Waals surface area contributed by atoms with Crippen molar-refractivity contribution in [2.45, 2.75) is 170 Å². The molecule has 1 spiro atoms. The summed E-state index contributed by atoms with van der Waals surface area (Å²) in [7, 11) is 0. The van der Waals surface area contributed by atoms with Crippen molar-refractivity contribution in [3.05, 3.63) is 35.4 Å². The molecule has 4 aliphatic heterocycles. The number of aliphatic carboxylic acids is 1. The SMILES string of the molecule is NC(N)=NCCC[C@@H](N)C(=O)N[C@@H](CCCN=C(N)N)C(=O)N1CCC2(CC1)C(=O)N(CC(=O)N[C@@H](CO)C(=O)N1CCc3ccccc3[C@@H]1C(=O)N1[C@H](C(=O)N[C@@H](CCCN=C(N)N)C(=O)O)C[C@@H]3CCCC[C@@H]31)CN2CC1CCCCC1. The molecule has 1 aromatic rings. The van der Waals surface area contributed by atoms with Crippen molar-refractivity contribution in [2.24, 2.45) is 66.9 Å². The van der Waals surface area contributed by atoms with E-state index >= 15 is 4.79 Å². The first kappa shape index (κ1) is 64.2. The maximum absolute atomic E-state index is 15.5. The third-order valence-corrected chi connectivity index (χ3v) is 17.8. The van der Waals surface area contributed by atoms with Crippen LogP contribution in [0.15, 0.2) is 39.2 Å². The van der Waals surface area contributed by atoms with E-state index in [0.717, 1.165) is 56.9 Å². The van der Waals surface area contributed by atoms with E-state index in [2.05, 4.69) is 35.8 Å². The van der Waals surface area contributed by atoms with Gasteiger partial charge in [-0.3, -0.25) is 53.4 Å².